The standard InChI is InChI=1S/C8H16O8.Na.H/c9-2-4(11)7(15)8(16)6(14)3(10)1-5(12)13;;/h3-4,6-11,14-16H,1-2H2,(H,12,13);;/q;+1;-1/t3?,4-,6-,7-,8-;;/m1../s1. The first-order chi connectivity index (χ1) is 7.31. The van der Waals surface area contributed by atoms with Crippen LogP contribution in [0.4, 0.5) is 0 Å². The van der Waals surface area contributed by atoms with Crippen LogP contribution in [0.3, 0.4) is 0 Å². The van der Waals surface area contributed by atoms with Crippen LogP contribution in [-0.4, -0.2) is 78.8 Å². The van der Waals surface area contributed by atoms with Gasteiger partial charge in [0.25, 0.3) is 0 Å². The molecule has 5 atom stereocenters. The molecule has 0 saturated heterocycles. The van der Waals surface area contributed by atoms with Crippen molar-refractivity contribution in [3.8, 4) is 0 Å². The van der Waals surface area contributed by atoms with Crippen molar-refractivity contribution in [3.05, 3.63) is 0 Å². The number of carboxylic acid groups (broad SMARTS) is 1. The third kappa shape index (κ3) is 6.65. The molecular formula is C8H17NaO8. The minimum absolute atomic E-state index is 0. The first-order valence-electron chi connectivity index (χ1n) is 4.54. The molecule has 0 fully saturated rings. The molecule has 0 aromatic rings. The molecule has 0 aliphatic carbocycles. The average molecular weight is 264 g/mol. The second kappa shape index (κ2) is 9.20. The molecule has 17 heavy (non-hydrogen) atoms. The van der Waals surface area contributed by atoms with Crippen LogP contribution >= 0.6 is 0 Å². The van der Waals surface area contributed by atoms with Crippen LogP contribution in [0.5, 0.6) is 0 Å². The molecule has 98 valence electrons. The van der Waals surface area contributed by atoms with Gasteiger partial charge in [-0.25, -0.2) is 0 Å². The number of hydrogen-bond donors (Lipinski definition) is 7. The molecule has 9 heteroatoms. The molecule has 0 bridgehead atoms. The molecule has 0 aromatic carbocycles. The topological polar surface area (TPSA) is 159 Å². The van der Waals surface area contributed by atoms with E-state index in [1.54, 1.807) is 0 Å². The number of carboxylic acids is 1. The second-order valence-corrected chi connectivity index (χ2v) is 3.39. The van der Waals surface area contributed by atoms with E-state index >= 15 is 0 Å². The molecule has 0 aliphatic rings. The summed E-state index contributed by atoms with van der Waals surface area (Å²) in [6, 6.07) is 0. The summed E-state index contributed by atoms with van der Waals surface area (Å²) in [4.78, 5) is 10.2. The number of aliphatic hydroxyl groups excluding tert-OH is 6. The van der Waals surface area contributed by atoms with Gasteiger partial charge >= 0.3 is 35.5 Å². The molecule has 1 unspecified atom stereocenters. The summed E-state index contributed by atoms with van der Waals surface area (Å²) in [5.41, 5.74) is 0. The molecule has 0 saturated carbocycles. The maximum absolute atomic E-state index is 10.2. The minimum Gasteiger partial charge on any atom is -1.00 e. The number of aliphatic hydroxyl groups is 6. The van der Waals surface area contributed by atoms with E-state index in [0.717, 1.165) is 0 Å². The fraction of sp³-hybridized carbons (Fsp3) is 0.875. The summed E-state index contributed by atoms with van der Waals surface area (Å²) in [7, 11) is 0. The van der Waals surface area contributed by atoms with Crippen LogP contribution < -0.4 is 29.6 Å². The van der Waals surface area contributed by atoms with E-state index in [1.165, 1.54) is 0 Å². The molecular weight excluding hydrogens is 247 g/mol. The molecule has 0 amide bonds. The van der Waals surface area contributed by atoms with Crippen molar-refractivity contribution < 1.29 is 71.5 Å². The van der Waals surface area contributed by atoms with Gasteiger partial charge in [0.1, 0.15) is 24.4 Å². The Labute approximate surface area is 121 Å². The SMILES string of the molecule is O=C(O)CC(O)[C@@H](O)[C@@H](O)[C@H](O)[C@H](O)CO.[H-].[Na+]. The van der Waals surface area contributed by atoms with Crippen molar-refractivity contribution in [1.82, 2.24) is 0 Å². The van der Waals surface area contributed by atoms with Gasteiger partial charge in [-0.2, -0.15) is 0 Å². The normalized spacial score (nSPS) is 19.6. The Balaban J connectivity index is -0.00000112. The summed E-state index contributed by atoms with van der Waals surface area (Å²) in [6.07, 6.45) is -10.1. The zero-order chi connectivity index (χ0) is 12.9. The smallest absolute Gasteiger partial charge is 1.00 e. The van der Waals surface area contributed by atoms with Crippen molar-refractivity contribution >= 4 is 5.97 Å². The second-order valence-electron chi connectivity index (χ2n) is 3.39. The monoisotopic (exact) mass is 264 g/mol. The van der Waals surface area contributed by atoms with E-state index in [1.807, 2.05) is 0 Å². The maximum Gasteiger partial charge on any atom is 1.00 e. The van der Waals surface area contributed by atoms with Crippen LogP contribution in [0.15, 0.2) is 0 Å². The third-order valence-corrected chi connectivity index (χ3v) is 2.06. The Morgan fingerprint density at radius 2 is 1.35 bits per heavy atom. The van der Waals surface area contributed by atoms with Gasteiger partial charge in [-0.15, -0.1) is 0 Å². The predicted molar refractivity (Wildman–Crippen MR) is 50.5 cm³/mol. The third-order valence-electron chi connectivity index (χ3n) is 2.06. The van der Waals surface area contributed by atoms with Crippen LogP contribution in [-0.2, 0) is 4.79 Å². The summed E-state index contributed by atoms with van der Waals surface area (Å²) in [5, 5.41) is 62.5. The minimum atomic E-state index is -1.96. The number of rotatable bonds is 7. The fourth-order valence-corrected chi connectivity index (χ4v) is 1.06. The van der Waals surface area contributed by atoms with Crippen LogP contribution in [0, 0.1) is 0 Å². The maximum atomic E-state index is 10.2. The van der Waals surface area contributed by atoms with Gasteiger partial charge in [0.15, 0.2) is 0 Å². The average Bonchev–Trinajstić information content (AvgIpc) is 2.23. The van der Waals surface area contributed by atoms with Gasteiger partial charge in [-0.1, -0.05) is 0 Å². The van der Waals surface area contributed by atoms with Gasteiger partial charge in [0, 0.05) is 0 Å². The van der Waals surface area contributed by atoms with E-state index in [9.17, 15) is 15.0 Å². The Kier molecular flexibility index (Phi) is 10.6. The van der Waals surface area contributed by atoms with Gasteiger partial charge in [0.05, 0.1) is 19.1 Å². The molecule has 0 heterocycles. The van der Waals surface area contributed by atoms with Gasteiger partial charge in [0.2, 0.25) is 0 Å². The zero-order valence-corrected chi connectivity index (χ0v) is 11.3. The summed E-state index contributed by atoms with van der Waals surface area (Å²) >= 11 is 0. The quantitative estimate of drug-likeness (QED) is 0.223. The van der Waals surface area contributed by atoms with Gasteiger partial charge in [-0.3, -0.25) is 4.79 Å². The van der Waals surface area contributed by atoms with Crippen molar-refractivity contribution in [2.45, 2.75) is 36.9 Å². The van der Waals surface area contributed by atoms with Crippen LogP contribution in [0.1, 0.15) is 7.85 Å². The first-order valence-corrected chi connectivity index (χ1v) is 4.54. The van der Waals surface area contributed by atoms with Crippen molar-refractivity contribution in [2.24, 2.45) is 0 Å². The van der Waals surface area contributed by atoms with Crippen LogP contribution in [0.25, 0.3) is 0 Å². The predicted octanol–water partition coefficient (Wildman–Crippen LogP) is -6.63. The molecule has 0 aliphatic heterocycles. The molecule has 0 radical (unpaired) electrons. The Morgan fingerprint density at radius 3 is 1.71 bits per heavy atom. The van der Waals surface area contributed by atoms with E-state index in [2.05, 4.69) is 0 Å². The number of aliphatic carboxylic acids is 1. The van der Waals surface area contributed by atoms with Crippen molar-refractivity contribution in [2.75, 3.05) is 6.61 Å². The summed E-state index contributed by atoms with van der Waals surface area (Å²) < 4.78 is 0. The number of carbonyl (C=O) groups is 1. The van der Waals surface area contributed by atoms with Gasteiger partial charge in [-0.05, 0) is 0 Å². The van der Waals surface area contributed by atoms with E-state index in [0.29, 0.717) is 0 Å². The van der Waals surface area contributed by atoms with Crippen LogP contribution in [0.2, 0.25) is 0 Å². The molecule has 0 rings (SSSR count). The Morgan fingerprint density at radius 1 is 0.941 bits per heavy atom. The Hall–Kier alpha value is 0.230. The van der Waals surface area contributed by atoms with Crippen molar-refractivity contribution in [3.63, 3.8) is 0 Å². The van der Waals surface area contributed by atoms with E-state index in [4.69, 9.17) is 25.5 Å². The molecule has 0 aromatic heterocycles. The van der Waals surface area contributed by atoms with Crippen molar-refractivity contribution in [1.29, 1.82) is 0 Å². The number of hydrogen-bond acceptors (Lipinski definition) is 7. The largest absolute Gasteiger partial charge is 1.00 e. The molecule has 8 nitrogen and oxygen atoms in total. The summed E-state index contributed by atoms with van der Waals surface area (Å²) in [5.74, 6) is -1.39. The summed E-state index contributed by atoms with van der Waals surface area (Å²) in [6.45, 7) is -0.847. The molecule has 7 N–H and O–H groups in total. The molecule has 0 spiro atoms. The van der Waals surface area contributed by atoms with Gasteiger partial charge < -0.3 is 37.2 Å². The fourth-order valence-electron chi connectivity index (χ4n) is 1.06. The van der Waals surface area contributed by atoms with E-state index in [-0.39, 0.29) is 31.0 Å². The first kappa shape index (κ1) is 19.6. The zero-order valence-electron chi connectivity index (χ0n) is 10.3. The Bertz CT molecular complexity index is 231. The van der Waals surface area contributed by atoms with E-state index < -0.39 is 49.5 Å².